The zero-order valence-electron chi connectivity index (χ0n) is 11.2. The molecule has 2 fully saturated rings. The summed E-state index contributed by atoms with van der Waals surface area (Å²) in [4.78, 5) is 2.35. The van der Waals surface area contributed by atoms with Crippen LogP contribution in [0.5, 0.6) is 0 Å². The maximum atomic E-state index is 6.00. The van der Waals surface area contributed by atoms with E-state index in [4.69, 9.17) is 9.47 Å². The zero-order valence-corrected chi connectivity index (χ0v) is 11.2. The van der Waals surface area contributed by atoms with Crippen LogP contribution in [-0.4, -0.2) is 24.2 Å². The van der Waals surface area contributed by atoms with Crippen LogP contribution in [0.15, 0.2) is 60.7 Å². The molecule has 2 atom stereocenters. The van der Waals surface area contributed by atoms with Crippen LogP contribution < -0.4 is 0 Å². The van der Waals surface area contributed by atoms with Crippen LogP contribution in [0.4, 0.5) is 0 Å². The number of ether oxygens (including phenoxy) is 2. The summed E-state index contributed by atoms with van der Waals surface area (Å²) < 4.78 is 12.0. The van der Waals surface area contributed by atoms with E-state index in [2.05, 4.69) is 53.4 Å². The minimum Gasteiger partial charge on any atom is -0.357 e. The third kappa shape index (κ3) is 1.95. The van der Waals surface area contributed by atoms with Crippen molar-refractivity contribution >= 4 is 0 Å². The van der Waals surface area contributed by atoms with Crippen LogP contribution in [0, 0.1) is 0 Å². The van der Waals surface area contributed by atoms with Gasteiger partial charge in [-0.2, -0.15) is 0 Å². The Kier molecular flexibility index (Phi) is 3.03. The lowest BCUT2D eigenvalue weighted by molar-refractivity contribution is -0.0603. The van der Waals surface area contributed by atoms with Gasteiger partial charge in [0.15, 0.2) is 0 Å². The molecule has 4 rings (SSSR count). The molecule has 0 N–H and O–H groups in total. The lowest BCUT2D eigenvalue weighted by Crippen LogP contribution is -2.30. The number of nitrogens with zero attached hydrogens (tertiary/aromatic N) is 1. The molecule has 2 saturated heterocycles. The second-order valence-corrected chi connectivity index (χ2v) is 5.29. The first-order valence-corrected chi connectivity index (χ1v) is 7.04. The third-order valence-electron chi connectivity index (χ3n) is 4.03. The van der Waals surface area contributed by atoms with Crippen molar-refractivity contribution in [1.29, 1.82) is 0 Å². The van der Waals surface area contributed by atoms with Crippen LogP contribution in [0.3, 0.4) is 0 Å². The average molecular weight is 267 g/mol. The van der Waals surface area contributed by atoms with Gasteiger partial charge in [0.2, 0.25) is 0 Å². The molecule has 102 valence electrons. The van der Waals surface area contributed by atoms with E-state index >= 15 is 0 Å². The Morgan fingerprint density at radius 1 is 0.700 bits per heavy atom. The van der Waals surface area contributed by atoms with Gasteiger partial charge in [-0.25, -0.2) is 4.90 Å². The van der Waals surface area contributed by atoms with E-state index in [1.165, 1.54) is 11.1 Å². The Morgan fingerprint density at radius 3 is 1.60 bits per heavy atom. The highest BCUT2D eigenvalue weighted by Crippen LogP contribution is 2.42. The lowest BCUT2D eigenvalue weighted by Gasteiger charge is -2.27. The number of rotatable bonds is 2. The van der Waals surface area contributed by atoms with Crippen LogP contribution in [0.25, 0.3) is 0 Å². The fourth-order valence-electron chi connectivity index (χ4n) is 3.07. The van der Waals surface area contributed by atoms with Crippen molar-refractivity contribution in [3.63, 3.8) is 0 Å². The summed E-state index contributed by atoms with van der Waals surface area (Å²) in [7, 11) is 0. The number of fused-ring (bicyclic) bond motifs is 1. The van der Waals surface area contributed by atoms with Gasteiger partial charge in [-0.05, 0) is 11.1 Å². The van der Waals surface area contributed by atoms with Crippen molar-refractivity contribution in [2.45, 2.75) is 18.5 Å². The van der Waals surface area contributed by atoms with Crippen molar-refractivity contribution in [2.75, 3.05) is 13.2 Å². The van der Waals surface area contributed by atoms with E-state index in [0.717, 1.165) is 13.2 Å². The minimum absolute atomic E-state index is 0.00564. The highest BCUT2D eigenvalue weighted by molar-refractivity contribution is 5.23. The van der Waals surface area contributed by atoms with Crippen LogP contribution in [0.2, 0.25) is 0 Å². The third-order valence-corrected chi connectivity index (χ3v) is 4.03. The molecular formula is C17H17NO2. The molecule has 0 amide bonds. The summed E-state index contributed by atoms with van der Waals surface area (Å²) in [6, 6.07) is 21.1. The van der Waals surface area contributed by atoms with Crippen molar-refractivity contribution < 1.29 is 9.47 Å². The van der Waals surface area contributed by atoms with E-state index in [9.17, 15) is 0 Å². The Morgan fingerprint density at radius 2 is 1.15 bits per heavy atom. The molecule has 2 aromatic rings. The molecule has 2 aliphatic heterocycles. The van der Waals surface area contributed by atoms with E-state index in [0.29, 0.717) is 6.04 Å². The molecule has 0 aliphatic carbocycles. The molecule has 2 aromatic carbocycles. The number of hydrogen-bond acceptors (Lipinski definition) is 3. The predicted octanol–water partition coefficient (Wildman–Crippen LogP) is 3.12. The largest absolute Gasteiger partial charge is 0.357 e. The minimum atomic E-state index is -0.00564. The molecule has 20 heavy (non-hydrogen) atoms. The molecule has 0 spiro atoms. The molecule has 2 aliphatic rings. The fraction of sp³-hybridized carbons (Fsp3) is 0.294. The average Bonchev–Trinajstić information content (AvgIpc) is 3.10. The molecule has 2 unspecified atom stereocenters. The summed E-state index contributed by atoms with van der Waals surface area (Å²) in [6.45, 7) is 1.48. The topological polar surface area (TPSA) is 21.7 Å². The first-order valence-electron chi connectivity index (χ1n) is 7.04. The Balaban J connectivity index is 1.67. The van der Waals surface area contributed by atoms with Gasteiger partial charge in [-0.1, -0.05) is 60.7 Å². The lowest BCUT2D eigenvalue weighted by atomic mass is 10.1. The van der Waals surface area contributed by atoms with Crippen LogP contribution in [-0.2, 0) is 9.47 Å². The van der Waals surface area contributed by atoms with Gasteiger partial charge in [-0.3, -0.25) is 0 Å². The first kappa shape index (κ1) is 12.1. The number of benzene rings is 2. The Bertz CT molecular complexity index is 521. The monoisotopic (exact) mass is 267 g/mol. The molecular weight excluding hydrogens is 250 g/mol. The Hall–Kier alpha value is -1.68. The van der Waals surface area contributed by atoms with Crippen molar-refractivity contribution in [3.05, 3.63) is 71.8 Å². The maximum Gasteiger partial charge on any atom is 0.139 e. The highest BCUT2D eigenvalue weighted by atomic mass is 16.6. The molecule has 3 heteroatoms. The van der Waals surface area contributed by atoms with E-state index in [-0.39, 0.29) is 12.5 Å². The van der Waals surface area contributed by atoms with Gasteiger partial charge in [0.25, 0.3) is 0 Å². The number of hydrogen-bond donors (Lipinski definition) is 0. The smallest absolute Gasteiger partial charge is 0.139 e. The standard InChI is InChI=1S/C17H17NO2/c1-3-7-13(8-4-1)16-18-15(11-19-16)12-20-17(18)14-9-5-2-6-10-14/h1-10,15-17H,11-12H2. The van der Waals surface area contributed by atoms with Crippen molar-refractivity contribution in [2.24, 2.45) is 0 Å². The summed E-state index contributed by atoms with van der Waals surface area (Å²) in [5.74, 6) is 0. The van der Waals surface area contributed by atoms with Crippen molar-refractivity contribution in [3.8, 4) is 0 Å². The molecule has 2 heterocycles. The second-order valence-electron chi connectivity index (χ2n) is 5.29. The van der Waals surface area contributed by atoms with Gasteiger partial charge < -0.3 is 9.47 Å². The zero-order chi connectivity index (χ0) is 13.4. The fourth-order valence-corrected chi connectivity index (χ4v) is 3.07. The first-order chi connectivity index (χ1) is 9.93. The van der Waals surface area contributed by atoms with E-state index < -0.39 is 0 Å². The van der Waals surface area contributed by atoms with Gasteiger partial charge in [0, 0.05) is 0 Å². The second kappa shape index (κ2) is 5.02. The van der Waals surface area contributed by atoms with Gasteiger partial charge >= 0.3 is 0 Å². The summed E-state index contributed by atoms with van der Waals surface area (Å²) >= 11 is 0. The van der Waals surface area contributed by atoms with Gasteiger partial charge in [0.05, 0.1) is 19.3 Å². The molecule has 0 radical (unpaired) electrons. The van der Waals surface area contributed by atoms with Crippen molar-refractivity contribution in [1.82, 2.24) is 4.90 Å². The molecule has 3 nitrogen and oxygen atoms in total. The maximum absolute atomic E-state index is 6.00. The molecule has 0 saturated carbocycles. The van der Waals surface area contributed by atoms with Gasteiger partial charge in [0.1, 0.15) is 12.5 Å². The predicted molar refractivity (Wildman–Crippen MR) is 75.9 cm³/mol. The normalized spacial score (nSPS) is 29.5. The van der Waals surface area contributed by atoms with E-state index in [1.54, 1.807) is 0 Å². The highest BCUT2D eigenvalue weighted by Gasteiger charge is 2.45. The van der Waals surface area contributed by atoms with Gasteiger partial charge in [-0.15, -0.1) is 0 Å². The Labute approximate surface area is 118 Å². The molecule has 0 bridgehead atoms. The summed E-state index contributed by atoms with van der Waals surface area (Å²) in [5, 5.41) is 0. The van der Waals surface area contributed by atoms with Crippen LogP contribution in [0.1, 0.15) is 23.6 Å². The van der Waals surface area contributed by atoms with Crippen LogP contribution >= 0.6 is 0 Å². The SMILES string of the molecule is c1ccc(C2OCC3COC(c4ccccc4)N32)cc1. The quantitative estimate of drug-likeness (QED) is 0.834. The van der Waals surface area contributed by atoms with E-state index in [1.807, 2.05) is 12.1 Å². The summed E-state index contributed by atoms with van der Waals surface area (Å²) in [6.07, 6.45) is -0.0113. The summed E-state index contributed by atoms with van der Waals surface area (Å²) in [5.41, 5.74) is 2.39. The molecule has 0 aromatic heterocycles.